The Balaban J connectivity index is 1.79. The van der Waals surface area contributed by atoms with Gasteiger partial charge in [0.05, 0.1) is 6.61 Å². The van der Waals surface area contributed by atoms with Crippen LogP contribution in [0, 0.1) is 5.41 Å². The molecule has 16 heavy (non-hydrogen) atoms. The Morgan fingerprint density at radius 2 is 2.12 bits per heavy atom. The second-order valence-electron chi connectivity index (χ2n) is 4.35. The van der Waals surface area contributed by atoms with Crippen molar-refractivity contribution < 1.29 is 4.74 Å². The summed E-state index contributed by atoms with van der Waals surface area (Å²) in [5.41, 5.74) is 0.391. The fourth-order valence-electron chi connectivity index (χ4n) is 1.92. The van der Waals surface area contributed by atoms with Crippen LogP contribution in [0.1, 0.15) is 12.8 Å². The minimum absolute atomic E-state index is 0.391. The lowest BCUT2D eigenvalue weighted by atomic mass is 9.87. The van der Waals surface area contributed by atoms with Gasteiger partial charge in [0.25, 0.3) is 0 Å². The van der Waals surface area contributed by atoms with Crippen molar-refractivity contribution in [1.29, 1.82) is 0 Å². The van der Waals surface area contributed by atoms with E-state index in [0.29, 0.717) is 5.41 Å². The first kappa shape index (κ1) is 12.5. The van der Waals surface area contributed by atoms with Crippen LogP contribution < -0.4 is 0 Å². The monoisotopic (exact) mass is 300 g/mol. The van der Waals surface area contributed by atoms with Crippen molar-refractivity contribution in [3.8, 4) is 0 Å². The number of hydrogen-bond acceptors (Lipinski definition) is 2. The van der Waals surface area contributed by atoms with Crippen LogP contribution in [0.25, 0.3) is 0 Å². The molecule has 0 bridgehead atoms. The predicted octanol–water partition coefficient (Wildman–Crippen LogP) is 3.97. The minimum Gasteiger partial charge on any atom is -0.381 e. The van der Waals surface area contributed by atoms with E-state index in [2.05, 4.69) is 46.3 Å². The number of alkyl halides is 1. The van der Waals surface area contributed by atoms with E-state index in [1.54, 1.807) is 0 Å². The van der Waals surface area contributed by atoms with Crippen LogP contribution >= 0.6 is 27.7 Å². The molecule has 1 atom stereocenters. The first-order valence-electron chi connectivity index (χ1n) is 5.66. The zero-order chi connectivity index (χ0) is 11.3. The van der Waals surface area contributed by atoms with Crippen molar-refractivity contribution >= 4 is 27.7 Å². The maximum atomic E-state index is 5.51. The first-order chi connectivity index (χ1) is 7.85. The molecule has 1 nitrogen and oxygen atoms in total. The SMILES string of the molecule is BrCC1(CCSc2ccccc2)CCOC1. The van der Waals surface area contributed by atoms with Gasteiger partial charge in [-0.2, -0.15) is 0 Å². The molecule has 0 radical (unpaired) electrons. The largest absolute Gasteiger partial charge is 0.381 e. The molecule has 0 aliphatic carbocycles. The van der Waals surface area contributed by atoms with E-state index in [1.807, 2.05) is 11.8 Å². The van der Waals surface area contributed by atoms with Crippen LogP contribution in [-0.2, 0) is 4.74 Å². The minimum atomic E-state index is 0.391. The van der Waals surface area contributed by atoms with Crippen molar-refractivity contribution in [2.75, 3.05) is 24.3 Å². The first-order valence-corrected chi connectivity index (χ1v) is 7.77. The molecule has 0 spiro atoms. The number of thioether (sulfide) groups is 1. The van der Waals surface area contributed by atoms with E-state index in [9.17, 15) is 0 Å². The van der Waals surface area contributed by atoms with E-state index in [0.717, 1.165) is 18.5 Å². The molecule has 2 rings (SSSR count). The predicted molar refractivity (Wildman–Crippen MR) is 73.4 cm³/mol. The van der Waals surface area contributed by atoms with Gasteiger partial charge in [-0.25, -0.2) is 0 Å². The van der Waals surface area contributed by atoms with Crippen molar-refractivity contribution in [2.45, 2.75) is 17.7 Å². The molecule has 1 aliphatic rings. The van der Waals surface area contributed by atoms with Gasteiger partial charge in [-0.3, -0.25) is 0 Å². The molecule has 1 unspecified atom stereocenters. The van der Waals surface area contributed by atoms with Gasteiger partial charge in [0.1, 0.15) is 0 Å². The maximum absolute atomic E-state index is 5.51. The van der Waals surface area contributed by atoms with Crippen LogP contribution in [0.4, 0.5) is 0 Å². The number of ether oxygens (including phenoxy) is 1. The molecule has 1 aliphatic heterocycles. The lowest BCUT2D eigenvalue weighted by molar-refractivity contribution is 0.160. The van der Waals surface area contributed by atoms with Gasteiger partial charge >= 0.3 is 0 Å². The Morgan fingerprint density at radius 3 is 2.75 bits per heavy atom. The van der Waals surface area contributed by atoms with Crippen LogP contribution in [0.5, 0.6) is 0 Å². The summed E-state index contributed by atoms with van der Waals surface area (Å²) >= 11 is 5.58. The van der Waals surface area contributed by atoms with Crippen molar-refractivity contribution in [3.05, 3.63) is 30.3 Å². The molecule has 1 fully saturated rings. The standard InChI is InChI=1S/C13H17BrOS/c14-10-13(6-8-15-11-13)7-9-16-12-4-2-1-3-5-12/h1-5H,6-11H2. The third-order valence-corrected chi connectivity index (χ3v) is 5.32. The van der Waals surface area contributed by atoms with E-state index in [1.165, 1.54) is 23.5 Å². The molecule has 0 saturated carbocycles. The Labute approximate surface area is 110 Å². The molecule has 3 heteroatoms. The number of halogens is 1. The van der Waals surface area contributed by atoms with Crippen LogP contribution in [0.15, 0.2) is 35.2 Å². The molecule has 88 valence electrons. The van der Waals surface area contributed by atoms with Crippen LogP contribution in [0.2, 0.25) is 0 Å². The van der Waals surface area contributed by atoms with E-state index >= 15 is 0 Å². The maximum Gasteiger partial charge on any atom is 0.0531 e. The second kappa shape index (κ2) is 6.08. The van der Waals surface area contributed by atoms with Crippen molar-refractivity contribution in [2.24, 2.45) is 5.41 Å². The van der Waals surface area contributed by atoms with Gasteiger partial charge in [-0.05, 0) is 30.7 Å². The molecular weight excluding hydrogens is 284 g/mol. The van der Waals surface area contributed by atoms with Gasteiger partial charge in [0.15, 0.2) is 0 Å². The Morgan fingerprint density at radius 1 is 1.31 bits per heavy atom. The summed E-state index contributed by atoms with van der Waals surface area (Å²) in [5.74, 6) is 1.18. The Bertz CT molecular complexity index is 309. The molecule has 1 heterocycles. The lowest BCUT2D eigenvalue weighted by Crippen LogP contribution is -2.23. The van der Waals surface area contributed by atoms with Crippen LogP contribution in [-0.4, -0.2) is 24.3 Å². The summed E-state index contributed by atoms with van der Waals surface area (Å²) in [6, 6.07) is 10.6. The highest BCUT2D eigenvalue weighted by Crippen LogP contribution is 2.36. The van der Waals surface area contributed by atoms with Crippen molar-refractivity contribution in [3.63, 3.8) is 0 Å². The summed E-state index contributed by atoms with van der Waals surface area (Å²) in [6.45, 7) is 1.86. The Hall–Kier alpha value is 0.01000. The summed E-state index contributed by atoms with van der Waals surface area (Å²) in [7, 11) is 0. The van der Waals surface area contributed by atoms with Gasteiger partial charge in [-0.1, -0.05) is 34.1 Å². The molecule has 1 saturated heterocycles. The molecular formula is C13H17BrOS. The average Bonchev–Trinajstić information content (AvgIpc) is 2.80. The molecule has 1 aromatic carbocycles. The third-order valence-electron chi connectivity index (χ3n) is 3.11. The van der Waals surface area contributed by atoms with E-state index < -0.39 is 0 Å². The van der Waals surface area contributed by atoms with E-state index in [-0.39, 0.29) is 0 Å². The molecule has 1 aromatic rings. The molecule has 0 N–H and O–H groups in total. The molecule has 0 amide bonds. The summed E-state index contributed by atoms with van der Waals surface area (Å²) in [6.07, 6.45) is 2.44. The third kappa shape index (κ3) is 3.25. The highest BCUT2D eigenvalue weighted by molar-refractivity contribution is 9.09. The highest BCUT2D eigenvalue weighted by atomic mass is 79.9. The number of rotatable bonds is 5. The van der Waals surface area contributed by atoms with Gasteiger partial charge in [0, 0.05) is 22.2 Å². The fourth-order valence-corrected chi connectivity index (χ4v) is 3.76. The molecule has 0 aromatic heterocycles. The number of benzene rings is 1. The average molecular weight is 301 g/mol. The second-order valence-corrected chi connectivity index (χ2v) is 6.08. The lowest BCUT2D eigenvalue weighted by Gasteiger charge is -2.24. The van der Waals surface area contributed by atoms with Crippen molar-refractivity contribution in [1.82, 2.24) is 0 Å². The normalized spacial score (nSPS) is 24.8. The van der Waals surface area contributed by atoms with E-state index in [4.69, 9.17) is 4.74 Å². The Kier molecular flexibility index (Phi) is 4.74. The van der Waals surface area contributed by atoms with Gasteiger partial charge < -0.3 is 4.74 Å². The van der Waals surface area contributed by atoms with Crippen LogP contribution in [0.3, 0.4) is 0 Å². The zero-order valence-electron chi connectivity index (χ0n) is 9.32. The smallest absolute Gasteiger partial charge is 0.0531 e. The summed E-state index contributed by atoms with van der Waals surface area (Å²) in [5, 5.41) is 1.06. The number of hydrogen-bond donors (Lipinski definition) is 0. The summed E-state index contributed by atoms with van der Waals surface area (Å²) in [4.78, 5) is 1.37. The highest BCUT2D eigenvalue weighted by Gasteiger charge is 2.33. The zero-order valence-corrected chi connectivity index (χ0v) is 11.7. The van der Waals surface area contributed by atoms with Gasteiger partial charge in [-0.15, -0.1) is 11.8 Å². The summed E-state index contributed by atoms with van der Waals surface area (Å²) < 4.78 is 5.51. The topological polar surface area (TPSA) is 9.23 Å². The quantitative estimate of drug-likeness (QED) is 0.601. The fraction of sp³-hybridized carbons (Fsp3) is 0.538. The van der Waals surface area contributed by atoms with Gasteiger partial charge in [0.2, 0.25) is 0 Å².